The average molecular weight is 392 g/mol. The number of benzene rings is 2. The molecule has 0 radical (unpaired) electrons. The highest BCUT2D eigenvalue weighted by Crippen LogP contribution is 2.40. The van der Waals surface area contributed by atoms with Gasteiger partial charge in [-0.3, -0.25) is 9.59 Å². The van der Waals surface area contributed by atoms with Crippen LogP contribution in [0, 0.1) is 0 Å². The number of carbonyl (C=O) groups excluding carboxylic acids is 2. The molecule has 2 aromatic carbocycles. The quantitative estimate of drug-likeness (QED) is 0.658. The Morgan fingerprint density at radius 2 is 1.68 bits per heavy atom. The first-order valence-corrected chi connectivity index (χ1v) is 9.94. The molecule has 1 aliphatic rings. The number of para-hydroxylation sites is 2. The second-order valence-corrected chi connectivity index (χ2v) is 7.64. The largest absolute Gasteiger partial charge is 0.495 e. The zero-order valence-corrected chi connectivity index (χ0v) is 16.3. The van der Waals surface area contributed by atoms with Crippen molar-refractivity contribution in [1.82, 2.24) is 0 Å². The summed E-state index contributed by atoms with van der Waals surface area (Å²) in [6, 6.07) is 16.3. The van der Waals surface area contributed by atoms with Gasteiger partial charge in [-0.2, -0.15) is 0 Å². The Morgan fingerprint density at radius 1 is 0.929 bits per heavy atom. The molecule has 2 amide bonds. The van der Waals surface area contributed by atoms with E-state index in [1.807, 2.05) is 30.3 Å². The molecule has 0 atom stereocenters. The van der Waals surface area contributed by atoms with Crippen molar-refractivity contribution in [2.45, 2.75) is 19.3 Å². The van der Waals surface area contributed by atoms with Crippen LogP contribution < -0.4 is 15.4 Å². The number of thiophene rings is 1. The minimum absolute atomic E-state index is 0.216. The fraction of sp³-hybridized carbons (Fsp3) is 0.182. The van der Waals surface area contributed by atoms with Crippen LogP contribution in [0.2, 0.25) is 0 Å². The summed E-state index contributed by atoms with van der Waals surface area (Å²) in [5.74, 6) is 0.150. The third-order valence-electron chi connectivity index (χ3n) is 4.77. The van der Waals surface area contributed by atoms with E-state index in [4.69, 9.17) is 4.74 Å². The summed E-state index contributed by atoms with van der Waals surface area (Å²) < 4.78 is 5.33. The van der Waals surface area contributed by atoms with Crippen molar-refractivity contribution in [2.75, 3.05) is 17.7 Å². The maximum absolute atomic E-state index is 13.1. The number of methoxy groups -OCH3 is 1. The van der Waals surface area contributed by atoms with Gasteiger partial charge >= 0.3 is 0 Å². The fourth-order valence-electron chi connectivity index (χ4n) is 3.43. The minimum atomic E-state index is -0.229. The van der Waals surface area contributed by atoms with Crippen LogP contribution >= 0.6 is 11.3 Å². The van der Waals surface area contributed by atoms with Gasteiger partial charge in [-0.1, -0.05) is 30.3 Å². The van der Waals surface area contributed by atoms with Crippen LogP contribution in [-0.4, -0.2) is 18.9 Å². The van der Waals surface area contributed by atoms with Gasteiger partial charge in [0, 0.05) is 10.4 Å². The van der Waals surface area contributed by atoms with Crippen LogP contribution in [0.3, 0.4) is 0 Å². The third-order valence-corrected chi connectivity index (χ3v) is 5.97. The van der Waals surface area contributed by atoms with E-state index in [9.17, 15) is 9.59 Å². The molecule has 142 valence electrons. The standard InChI is InChI=1S/C22H20N2O3S/c1-27-17-12-6-5-11-16(17)23-21(26)19-15-10-7-13-18(15)28-22(19)24-20(25)14-8-3-2-4-9-14/h2-6,8-9,11-12H,7,10,13H2,1H3,(H,23,26)(H,24,25). The van der Waals surface area contributed by atoms with Crippen molar-refractivity contribution in [3.63, 3.8) is 0 Å². The van der Waals surface area contributed by atoms with Gasteiger partial charge in [0.15, 0.2) is 0 Å². The number of amides is 2. The van der Waals surface area contributed by atoms with Crippen molar-refractivity contribution >= 4 is 33.8 Å². The number of ether oxygens (including phenoxy) is 1. The van der Waals surface area contributed by atoms with Crippen molar-refractivity contribution in [3.8, 4) is 5.75 Å². The molecular formula is C22H20N2O3S. The molecule has 1 aliphatic carbocycles. The van der Waals surface area contributed by atoms with Crippen molar-refractivity contribution < 1.29 is 14.3 Å². The Bertz CT molecular complexity index is 1030. The zero-order valence-electron chi connectivity index (χ0n) is 15.5. The molecule has 0 unspecified atom stereocenters. The molecule has 3 aromatic rings. The van der Waals surface area contributed by atoms with E-state index >= 15 is 0 Å². The SMILES string of the molecule is COc1ccccc1NC(=O)c1c(NC(=O)c2ccccc2)sc2c1CCC2. The van der Waals surface area contributed by atoms with Crippen LogP contribution in [0.15, 0.2) is 54.6 Å². The first kappa shape index (κ1) is 18.3. The lowest BCUT2D eigenvalue weighted by molar-refractivity contribution is 0.102. The maximum atomic E-state index is 13.1. The molecule has 5 nitrogen and oxygen atoms in total. The first-order valence-electron chi connectivity index (χ1n) is 9.12. The molecule has 0 fully saturated rings. The third kappa shape index (κ3) is 3.51. The van der Waals surface area contributed by atoms with Gasteiger partial charge < -0.3 is 15.4 Å². The van der Waals surface area contributed by atoms with Crippen LogP contribution in [-0.2, 0) is 12.8 Å². The number of rotatable bonds is 5. The maximum Gasteiger partial charge on any atom is 0.259 e. The van der Waals surface area contributed by atoms with Gasteiger partial charge in [0.1, 0.15) is 10.8 Å². The lowest BCUT2D eigenvalue weighted by Gasteiger charge is -2.12. The number of hydrogen-bond donors (Lipinski definition) is 2. The van der Waals surface area contributed by atoms with E-state index in [0.29, 0.717) is 27.6 Å². The number of aryl methyl sites for hydroxylation is 1. The molecular weight excluding hydrogens is 372 g/mol. The van der Waals surface area contributed by atoms with Crippen LogP contribution in [0.5, 0.6) is 5.75 Å². The Kier molecular flexibility index (Phi) is 5.12. The van der Waals surface area contributed by atoms with Crippen LogP contribution in [0.25, 0.3) is 0 Å². The van der Waals surface area contributed by atoms with Gasteiger partial charge in [0.25, 0.3) is 11.8 Å². The van der Waals surface area contributed by atoms with E-state index in [1.165, 1.54) is 16.2 Å². The number of carbonyl (C=O) groups is 2. The summed E-state index contributed by atoms with van der Waals surface area (Å²) in [6.45, 7) is 0. The predicted octanol–water partition coefficient (Wildman–Crippen LogP) is 4.75. The van der Waals surface area contributed by atoms with E-state index in [2.05, 4.69) is 10.6 Å². The molecule has 0 bridgehead atoms. The molecule has 1 aromatic heterocycles. The van der Waals surface area contributed by atoms with Gasteiger partial charge in [-0.25, -0.2) is 0 Å². The topological polar surface area (TPSA) is 67.4 Å². The van der Waals surface area contributed by atoms with Gasteiger partial charge in [-0.05, 0) is 49.1 Å². The summed E-state index contributed by atoms with van der Waals surface area (Å²) in [6.07, 6.45) is 2.82. The molecule has 6 heteroatoms. The minimum Gasteiger partial charge on any atom is -0.495 e. The molecule has 0 spiro atoms. The van der Waals surface area contributed by atoms with Crippen LogP contribution in [0.1, 0.15) is 37.6 Å². The summed E-state index contributed by atoms with van der Waals surface area (Å²) >= 11 is 1.50. The zero-order chi connectivity index (χ0) is 19.5. The monoisotopic (exact) mass is 392 g/mol. The van der Waals surface area contributed by atoms with Gasteiger partial charge in [-0.15, -0.1) is 11.3 Å². The molecule has 4 rings (SSSR count). The highest BCUT2D eigenvalue weighted by atomic mass is 32.1. The summed E-state index contributed by atoms with van der Waals surface area (Å²) in [5.41, 5.74) is 2.77. The Morgan fingerprint density at radius 3 is 2.46 bits per heavy atom. The Hall–Kier alpha value is -3.12. The Labute approximate surface area is 167 Å². The first-order chi connectivity index (χ1) is 13.7. The smallest absolute Gasteiger partial charge is 0.259 e. The second-order valence-electron chi connectivity index (χ2n) is 6.54. The second kappa shape index (κ2) is 7.86. The highest BCUT2D eigenvalue weighted by Gasteiger charge is 2.28. The molecule has 28 heavy (non-hydrogen) atoms. The number of fused-ring (bicyclic) bond motifs is 1. The molecule has 0 aliphatic heterocycles. The van der Waals surface area contributed by atoms with E-state index in [0.717, 1.165) is 24.8 Å². The van der Waals surface area contributed by atoms with E-state index in [-0.39, 0.29) is 11.8 Å². The molecule has 0 saturated carbocycles. The fourth-order valence-corrected chi connectivity index (χ4v) is 4.71. The van der Waals surface area contributed by atoms with Crippen molar-refractivity contribution in [1.29, 1.82) is 0 Å². The van der Waals surface area contributed by atoms with Gasteiger partial charge in [0.2, 0.25) is 0 Å². The summed E-state index contributed by atoms with van der Waals surface area (Å²) in [7, 11) is 1.57. The lowest BCUT2D eigenvalue weighted by atomic mass is 10.1. The summed E-state index contributed by atoms with van der Waals surface area (Å²) in [4.78, 5) is 26.9. The molecule has 1 heterocycles. The Balaban J connectivity index is 1.64. The highest BCUT2D eigenvalue weighted by molar-refractivity contribution is 7.17. The number of anilines is 2. The lowest BCUT2D eigenvalue weighted by Crippen LogP contribution is -2.18. The average Bonchev–Trinajstić information content (AvgIpc) is 3.29. The van der Waals surface area contributed by atoms with E-state index in [1.54, 1.807) is 31.4 Å². The van der Waals surface area contributed by atoms with Crippen molar-refractivity contribution in [3.05, 3.63) is 76.2 Å². The predicted molar refractivity (Wildman–Crippen MR) is 112 cm³/mol. The van der Waals surface area contributed by atoms with E-state index < -0.39 is 0 Å². The summed E-state index contributed by atoms with van der Waals surface area (Å²) in [5, 5.41) is 6.48. The molecule has 0 saturated heterocycles. The normalized spacial score (nSPS) is 12.3. The van der Waals surface area contributed by atoms with Gasteiger partial charge in [0.05, 0.1) is 18.4 Å². The number of hydrogen-bond acceptors (Lipinski definition) is 4. The number of nitrogens with one attached hydrogen (secondary N) is 2. The van der Waals surface area contributed by atoms with Crippen molar-refractivity contribution in [2.24, 2.45) is 0 Å². The molecule has 2 N–H and O–H groups in total. The van der Waals surface area contributed by atoms with Crippen LogP contribution in [0.4, 0.5) is 10.7 Å².